The predicted molar refractivity (Wildman–Crippen MR) is 101 cm³/mol. The third-order valence-electron chi connectivity index (χ3n) is 4.77. The minimum atomic E-state index is -0.324. The van der Waals surface area contributed by atoms with E-state index in [9.17, 15) is 4.39 Å². The SMILES string of the molecule is CCOc1cc(F)ccc1-c1cnc2sc(N3CCC(C)(N)CC3)nn12. The molecule has 4 rings (SSSR count). The van der Waals surface area contributed by atoms with E-state index in [2.05, 4.69) is 16.8 Å². The molecule has 0 spiro atoms. The van der Waals surface area contributed by atoms with E-state index in [1.807, 2.05) is 11.4 Å². The molecule has 1 saturated heterocycles. The van der Waals surface area contributed by atoms with Crippen LogP contribution in [0.2, 0.25) is 0 Å². The molecule has 0 aliphatic carbocycles. The fourth-order valence-corrected chi connectivity index (χ4v) is 4.11. The molecule has 2 aromatic heterocycles. The Kier molecular flexibility index (Phi) is 4.32. The van der Waals surface area contributed by atoms with E-state index in [-0.39, 0.29) is 11.4 Å². The number of fused-ring (bicyclic) bond motifs is 1. The van der Waals surface area contributed by atoms with Gasteiger partial charge in [0.2, 0.25) is 10.1 Å². The molecule has 8 heteroatoms. The number of hydrogen-bond acceptors (Lipinski definition) is 6. The maximum Gasteiger partial charge on any atom is 0.214 e. The third kappa shape index (κ3) is 3.14. The molecule has 0 bridgehead atoms. The smallest absolute Gasteiger partial charge is 0.214 e. The number of benzene rings is 1. The number of aromatic nitrogens is 3. The first-order valence-electron chi connectivity index (χ1n) is 8.78. The Bertz CT molecular complexity index is 925. The zero-order valence-electron chi connectivity index (χ0n) is 14.9. The highest BCUT2D eigenvalue weighted by Gasteiger charge is 2.28. The van der Waals surface area contributed by atoms with Crippen molar-refractivity contribution in [3.05, 3.63) is 30.2 Å². The predicted octanol–water partition coefficient (Wildman–Crippen LogP) is 3.31. The van der Waals surface area contributed by atoms with Crippen LogP contribution in [0, 0.1) is 5.82 Å². The van der Waals surface area contributed by atoms with Crippen LogP contribution >= 0.6 is 11.3 Å². The normalized spacial score (nSPS) is 17.0. The van der Waals surface area contributed by atoms with Crippen molar-refractivity contribution in [2.24, 2.45) is 5.73 Å². The van der Waals surface area contributed by atoms with Crippen molar-refractivity contribution >= 4 is 21.4 Å². The van der Waals surface area contributed by atoms with Gasteiger partial charge in [-0.1, -0.05) is 11.3 Å². The second kappa shape index (κ2) is 6.51. The molecular weight excluding hydrogens is 353 g/mol. The largest absolute Gasteiger partial charge is 0.493 e. The van der Waals surface area contributed by atoms with Crippen LogP contribution in [0.15, 0.2) is 24.4 Å². The molecule has 6 nitrogen and oxygen atoms in total. The van der Waals surface area contributed by atoms with Gasteiger partial charge in [-0.25, -0.2) is 13.9 Å². The molecule has 0 radical (unpaired) electrons. The van der Waals surface area contributed by atoms with E-state index >= 15 is 0 Å². The van der Waals surface area contributed by atoms with Crippen LogP contribution < -0.4 is 15.4 Å². The topological polar surface area (TPSA) is 68.7 Å². The number of ether oxygens (including phenoxy) is 1. The van der Waals surface area contributed by atoms with Crippen molar-refractivity contribution in [3.63, 3.8) is 0 Å². The van der Waals surface area contributed by atoms with Gasteiger partial charge in [0.25, 0.3) is 0 Å². The van der Waals surface area contributed by atoms with Crippen LogP contribution in [-0.2, 0) is 0 Å². The molecule has 1 aliphatic rings. The van der Waals surface area contributed by atoms with Crippen molar-refractivity contribution in [1.29, 1.82) is 0 Å². The third-order valence-corrected chi connectivity index (χ3v) is 5.75. The van der Waals surface area contributed by atoms with Crippen molar-refractivity contribution in [3.8, 4) is 17.0 Å². The van der Waals surface area contributed by atoms with E-state index in [1.54, 1.807) is 23.6 Å². The summed E-state index contributed by atoms with van der Waals surface area (Å²) in [6.45, 7) is 6.22. The highest BCUT2D eigenvalue weighted by atomic mass is 32.1. The number of anilines is 1. The van der Waals surface area contributed by atoms with Crippen LogP contribution in [0.3, 0.4) is 0 Å². The molecule has 138 valence electrons. The van der Waals surface area contributed by atoms with Crippen LogP contribution in [-0.4, -0.2) is 39.8 Å². The molecule has 0 saturated carbocycles. The Balaban J connectivity index is 1.69. The molecule has 2 N–H and O–H groups in total. The summed E-state index contributed by atoms with van der Waals surface area (Å²) in [4.78, 5) is 7.55. The van der Waals surface area contributed by atoms with Crippen molar-refractivity contribution in [1.82, 2.24) is 14.6 Å². The van der Waals surface area contributed by atoms with E-state index in [1.165, 1.54) is 12.1 Å². The first-order valence-corrected chi connectivity index (χ1v) is 9.59. The summed E-state index contributed by atoms with van der Waals surface area (Å²) in [5.74, 6) is 0.177. The zero-order valence-corrected chi connectivity index (χ0v) is 15.7. The quantitative estimate of drug-likeness (QED) is 0.758. The van der Waals surface area contributed by atoms with Gasteiger partial charge in [-0.05, 0) is 38.8 Å². The molecular formula is C18H22FN5OS. The number of imidazole rings is 1. The summed E-state index contributed by atoms with van der Waals surface area (Å²) in [5, 5.41) is 5.69. The van der Waals surface area contributed by atoms with Gasteiger partial charge in [0.05, 0.1) is 18.5 Å². The number of hydrogen-bond donors (Lipinski definition) is 1. The summed E-state index contributed by atoms with van der Waals surface area (Å²) in [5.41, 5.74) is 7.71. The van der Waals surface area contributed by atoms with Crippen LogP contribution in [0.1, 0.15) is 26.7 Å². The first kappa shape index (κ1) is 17.2. The maximum absolute atomic E-state index is 13.6. The average molecular weight is 375 g/mol. The fourth-order valence-electron chi connectivity index (χ4n) is 3.19. The molecule has 0 unspecified atom stereocenters. The second-order valence-electron chi connectivity index (χ2n) is 6.94. The van der Waals surface area contributed by atoms with Crippen molar-refractivity contribution < 1.29 is 9.13 Å². The van der Waals surface area contributed by atoms with Crippen LogP contribution in [0.5, 0.6) is 5.75 Å². The summed E-state index contributed by atoms with van der Waals surface area (Å²) in [7, 11) is 0. The van der Waals surface area contributed by atoms with E-state index in [4.69, 9.17) is 15.6 Å². The first-order chi connectivity index (χ1) is 12.5. The highest BCUT2D eigenvalue weighted by Crippen LogP contribution is 2.34. The van der Waals surface area contributed by atoms with Gasteiger partial charge in [0.15, 0.2) is 0 Å². The molecule has 1 fully saturated rings. The lowest BCUT2D eigenvalue weighted by atomic mass is 9.91. The Morgan fingerprint density at radius 2 is 2.12 bits per heavy atom. The van der Waals surface area contributed by atoms with Crippen LogP contribution in [0.4, 0.5) is 9.52 Å². The summed E-state index contributed by atoms with van der Waals surface area (Å²) in [6.07, 6.45) is 3.63. The standard InChI is InChI=1S/C18H22FN5OS/c1-3-25-15-10-12(19)4-5-13(15)14-11-21-16-24(14)22-17(26-16)23-8-6-18(2,20)7-9-23/h4-5,10-11H,3,6-9,20H2,1-2H3. The number of nitrogens with zero attached hydrogens (tertiary/aromatic N) is 4. The van der Waals surface area contributed by atoms with Crippen LogP contribution in [0.25, 0.3) is 16.2 Å². The molecule has 26 heavy (non-hydrogen) atoms. The number of halogens is 1. The maximum atomic E-state index is 13.6. The Labute approximate surface area is 155 Å². The summed E-state index contributed by atoms with van der Waals surface area (Å²) in [6, 6.07) is 4.54. The number of rotatable bonds is 4. The minimum absolute atomic E-state index is 0.0976. The lowest BCUT2D eigenvalue weighted by molar-refractivity contribution is 0.339. The average Bonchev–Trinajstić information content (AvgIpc) is 3.16. The van der Waals surface area contributed by atoms with Gasteiger partial charge in [-0.3, -0.25) is 0 Å². The molecule has 0 amide bonds. The molecule has 0 atom stereocenters. The monoisotopic (exact) mass is 375 g/mol. The van der Waals surface area contributed by atoms with Gasteiger partial charge in [0, 0.05) is 30.3 Å². The minimum Gasteiger partial charge on any atom is -0.493 e. The highest BCUT2D eigenvalue weighted by molar-refractivity contribution is 7.20. The van der Waals surface area contributed by atoms with E-state index < -0.39 is 0 Å². The lowest BCUT2D eigenvalue weighted by Crippen LogP contribution is -2.48. The Morgan fingerprint density at radius 1 is 1.35 bits per heavy atom. The van der Waals surface area contributed by atoms with Crippen molar-refractivity contribution in [2.75, 3.05) is 24.6 Å². The molecule has 1 aliphatic heterocycles. The second-order valence-corrected chi connectivity index (χ2v) is 7.87. The van der Waals surface area contributed by atoms with Gasteiger partial charge >= 0.3 is 0 Å². The van der Waals surface area contributed by atoms with Crippen molar-refractivity contribution in [2.45, 2.75) is 32.2 Å². The lowest BCUT2D eigenvalue weighted by Gasteiger charge is -2.36. The zero-order chi connectivity index (χ0) is 18.3. The van der Waals surface area contributed by atoms with Gasteiger partial charge in [-0.15, -0.1) is 5.10 Å². The van der Waals surface area contributed by atoms with E-state index in [0.29, 0.717) is 12.4 Å². The number of nitrogens with two attached hydrogens (primary N) is 1. The van der Waals surface area contributed by atoms with E-state index in [0.717, 1.165) is 47.3 Å². The molecule has 3 aromatic rings. The molecule has 3 heterocycles. The Morgan fingerprint density at radius 3 is 2.85 bits per heavy atom. The molecule has 1 aromatic carbocycles. The Hall–Kier alpha value is -2.19. The summed E-state index contributed by atoms with van der Waals surface area (Å²) >= 11 is 1.55. The van der Waals surface area contributed by atoms with Gasteiger partial charge < -0.3 is 15.4 Å². The van der Waals surface area contributed by atoms with Gasteiger partial charge in [-0.2, -0.15) is 0 Å². The fraction of sp³-hybridized carbons (Fsp3) is 0.444. The summed E-state index contributed by atoms with van der Waals surface area (Å²) < 4.78 is 21.0. The number of piperidine rings is 1. The van der Waals surface area contributed by atoms with Gasteiger partial charge in [0.1, 0.15) is 11.6 Å².